The minimum absolute atomic E-state index is 0.0588. The Labute approximate surface area is 129 Å². The smallest absolute Gasteiger partial charge is 0.328 e. The van der Waals surface area contributed by atoms with Crippen LogP contribution in [0.4, 0.5) is 5.69 Å². The number of hydrogen-bond donors (Lipinski definition) is 2. The standard InChI is InChI=1S/C15H19ClN2O3/c1-10(2)17-13(19)9-18(3)15-11(7-8-14(20)21)5-4-6-12(15)16/h4-8,10H,9H2,1-3H3,(H,17,19)(H,20,21)/b8-7+. The SMILES string of the molecule is CC(C)NC(=O)CN(C)c1c(Cl)cccc1/C=C/C(=O)O. The van der Waals surface area contributed by atoms with E-state index in [4.69, 9.17) is 16.7 Å². The van der Waals surface area contributed by atoms with Crippen molar-refractivity contribution >= 4 is 35.2 Å². The summed E-state index contributed by atoms with van der Waals surface area (Å²) in [7, 11) is 1.74. The van der Waals surface area contributed by atoms with Crippen LogP contribution in [0.15, 0.2) is 24.3 Å². The number of carboxylic acids is 1. The number of carbonyl (C=O) groups is 2. The second-order valence-electron chi connectivity index (χ2n) is 4.93. The van der Waals surface area contributed by atoms with Crippen LogP contribution in [0.25, 0.3) is 6.08 Å². The minimum Gasteiger partial charge on any atom is -0.478 e. The molecule has 0 bridgehead atoms. The third kappa shape index (κ3) is 5.47. The summed E-state index contributed by atoms with van der Waals surface area (Å²) in [6.07, 6.45) is 2.50. The van der Waals surface area contributed by atoms with Gasteiger partial charge in [-0.3, -0.25) is 4.79 Å². The normalized spacial score (nSPS) is 10.9. The highest BCUT2D eigenvalue weighted by Gasteiger charge is 2.14. The molecule has 0 fully saturated rings. The van der Waals surface area contributed by atoms with E-state index in [1.165, 1.54) is 6.08 Å². The number of rotatable bonds is 6. The molecule has 1 aromatic rings. The molecular formula is C15H19ClN2O3. The van der Waals surface area contributed by atoms with Gasteiger partial charge in [0.2, 0.25) is 5.91 Å². The molecule has 1 amide bonds. The fraction of sp³-hybridized carbons (Fsp3) is 0.333. The van der Waals surface area contributed by atoms with Gasteiger partial charge in [0.05, 0.1) is 17.3 Å². The molecule has 0 aliphatic rings. The van der Waals surface area contributed by atoms with Gasteiger partial charge in [0, 0.05) is 19.2 Å². The van der Waals surface area contributed by atoms with E-state index in [0.29, 0.717) is 16.3 Å². The summed E-state index contributed by atoms with van der Waals surface area (Å²) < 4.78 is 0. The van der Waals surface area contributed by atoms with Gasteiger partial charge in [0.25, 0.3) is 0 Å². The lowest BCUT2D eigenvalue weighted by atomic mass is 10.1. The fourth-order valence-corrected chi connectivity index (χ4v) is 2.22. The monoisotopic (exact) mass is 310 g/mol. The number of carbonyl (C=O) groups excluding carboxylic acids is 1. The number of nitrogens with one attached hydrogen (secondary N) is 1. The van der Waals surface area contributed by atoms with Crippen molar-refractivity contribution in [3.8, 4) is 0 Å². The molecule has 0 saturated heterocycles. The molecule has 0 aliphatic carbocycles. The van der Waals surface area contributed by atoms with E-state index >= 15 is 0 Å². The quantitative estimate of drug-likeness (QED) is 0.792. The third-order valence-electron chi connectivity index (χ3n) is 2.64. The first-order chi connectivity index (χ1) is 9.81. The van der Waals surface area contributed by atoms with Crippen LogP contribution >= 0.6 is 11.6 Å². The molecule has 1 aromatic carbocycles. The van der Waals surface area contributed by atoms with Crippen LogP contribution in [0.1, 0.15) is 19.4 Å². The van der Waals surface area contributed by atoms with Gasteiger partial charge in [-0.25, -0.2) is 4.79 Å². The summed E-state index contributed by atoms with van der Waals surface area (Å²) in [5.74, 6) is -1.17. The lowest BCUT2D eigenvalue weighted by molar-refractivity contribution is -0.131. The zero-order chi connectivity index (χ0) is 16.0. The summed E-state index contributed by atoms with van der Waals surface area (Å²) in [6.45, 7) is 3.90. The van der Waals surface area contributed by atoms with Crippen molar-refractivity contribution in [3.63, 3.8) is 0 Å². The average Bonchev–Trinajstić information content (AvgIpc) is 2.34. The third-order valence-corrected chi connectivity index (χ3v) is 2.94. The first kappa shape index (κ1) is 17.0. The van der Waals surface area contributed by atoms with Gasteiger partial charge < -0.3 is 15.3 Å². The molecule has 0 unspecified atom stereocenters. The number of amides is 1. The van der Waals surface area contributed by atoms with Gasteiger partial charge in [-0.15, -0.1) is 0 Å². The molecule has 21 heavy (non-hydrogen) atoms. The predicted molar refractivity (Wildman–Crippen MR) is 84.7 cm³/mol. The summed E-state index contributed by atoms with van der Waals surface area (Å²) in [5, 5.41) is 12.0. The number of aliphatic carboxylic acids is 1. The number of benzene rings is 1. The molecule has 1 rings (SSSR count). The molecule has 0 aromatic heterocycles. The van der Waals surface area contributed by atoms with Gasteiger partial charge in [-0.2, -0.15) is 0 Å². The van der Waals surface area contributed by atoms with Crippen molar-refractivity contribution in [2.45, 2.75) is 19.9 Å². The molecule has 0 heterocycles. The second kappa shape index (κ2) is 7.69. The van der Waals surface area contributed by atoms with E-state index in [9.17, 15) is 9.59 Å². The Morgan fingerprint density at radius 2 is 2.10 bits per heavy atom. The molecule has 0 aliphatic heterocycles. The Kier molecular flexibility index (Phi) is 6.24. The first-order valence-corrected chi connectivity index (χ1v) is 6.89. The Balaban J connectivity index is 2.99. The lowest BCUT2D eigenvalue weighted by Crippen LogP contribution is -2.38. The summed E-state index contributed by atoms with van der Waals surface area (Å²) in [6, 6.07) is 5.24. The van der Waals surface area contributed by atoms with Crippen LogP contribution in [0, 0.1) is 0 Å². The van der Waals surface area contributed by atoms with Crippen LogP contribution in [0.5, 0.6) is 0 Å². The Morgan fingerprint density at radius 3 is 2.67 bits per heavy atom. The zero-order valence-corrected chi connectivity index (χ0v) is 13.0. The number of halogens is 1. The topological polar surface area (TPSA) is 69.6 Å². The number of nitrogens with zero attached hydrogens (tertiary/aromatic N) is 1. The molecule has 0 atom stereocenters. The van der Waals surface area contributed by atoms with Gasteiger partial charge in [0.15, 0.2) is 0 Å². The molecule has 2 N–H and O–H groups in total. The summed E-state index contributed by atoms with van der Waals surface area (Å²) in [5.41, 5.74) is 1.26. The maximum absolute atomic E-state index is 11.8. The summed E-state index contributed by atoms with van der Waals surface area (Å²) >= 11 is 6.17. The predicted octanol–water partition coefficient (Wildman–Crippen LogP) is 2.40. The second-order valence-corrected chi connectivity index (χ2v) is 5.33. The lowest BCUT2D eigenvalue weighted by Gasteiger charge is -2.23. The number of para-hydroxylation sites is 1. The Morgan fingerprint density at radius 1 is 1.43 bits per heavy atom. The molecule has 0 radical (unpaired) electrons. The molecule has 0 saturated carbocycles. The van der Waals surface area contributed by atoms with Crippen molar-refractivity contribution in [1.29, 1.82) is 0 Å². The van der Waals surface area contributed by atoms with E-state index in [2.05, 4.69) is 5.32 Å². The van der Waals surface area contributed by atoms with Crippen LogP contribution in [-0.4, -0.2) is 36.6 Å². The highest BCUT2D eigenvalue weighted by atomic mass is 35.5. The van der Waals surface area contributed by atoms with Gasteiger partial charge in [-0.05, 0) is 31.6 Å². The van der Waals surface area contributed by atoms with Crippen molar-refractivity contribution in [3.05, 3.63) is 34.9 Å². The maximum atomic E-state index is 11.8. The highest BCUT2D eigenvalue weighted by molar-refractivity contribution is 6.33. The average molecular weight is 311 g/mol. The van der Waals surface area contributed by atoms with Crippen LogP contribution in [0.3, 0.4) is 0 Å². The van der Waals surface area contributed by atoms with Crippen LogP contribution in [-0.2, 0) is 9.59 Å². The number of anilines is 1. The van der Waals surface area contributed by atoms with E-state index in [1.807, 2.05) is 13.8 Å². The van der Waals surface area contributed by atoms with Gasteiger partial charge >= 0.3 is 5.97 Å². The molecule has 6 heteroatoms. The van der Waals surface area contributed by atoms with E-state index in [1.54, 1.807) is 30.1 Å². The van der Waals surface area contributed by atoms with E-state index < -0.39 is 5.97 Å². The number of carboxylic acid groups (broad SMARTS) is 1. The zero-order valence-electron chi connectivity index (χ0n) is 12.3. The van der Waals surface area contributed by atoms with Crippen molar-refractivity contribution in [2.75, 3.05) is 18.5 Å². The Hall–Kier alpha value is -2.01. The molecule has 0 spiro atoms. The van der Waals surface area contributed by atoms with Crippen molar-refractivity contribution in [1.82, 2.24) is 5.32 Å². The molecule has 5 nitrogen and oxygen atoms in total. The minimum atomic E-state index is -1.04. The first-order valence-electron chi connectivity index (χ1n) is 6.51. The molecular weight excluding hydrogens is 292 g/mol. The van der Waals surface area contributed by atoms with E-state index in [0.717, 1.165) is 6.08 Å². The van der Waals surface area contributed by atoms with Crippen molar-refractivity contribution in [2.24, 2.45) is 0 Å². The van der Waals surface area contributed by atoms with Gasteiger partial charge in [0.1, 0.15) is 0 Å². The summed E-state index contributed by atoms with van der Waals surface area (Å²) in [4.78, 5) is 24.2. The molecule has 114 valence electrons. The largest absolute Gasteiger partial charge is 0.478 e. The highest BCUT2D eigenvalue weighted by Crippen LogP contribution is 2.30. The number of likely N-dealkylation sites (N-methyl/N-ethyl adjacent to an activating group) is 1. The van der Waals surface area contributed by atoms with Crippen LogP contribution < -0.4 is 10.2 Å². The maximum Gasteiger partial charge on any atom is 0.328 e. The fourth-order valence-electron chi connectivity index (χ4n) is 1.89. The number of hydrogen-bond acceptors (Lipinski definition) is 3. The van der Waals surface area contributed by atoms with Crippen molar-refractivity contribution < 1.29 is 14.7 Å². The Bertz CT molecular complexity index is 556. The van der Waals surface area contributed by atoms with E-state index in [-0.39, 0.29) is 18.5 Å². The van der Waals surface area contributed by atoms with Gasteiger partial charge in [-0.1, -0.05) is 23.7 Å². The van der Waals surface area contributed by atoms with Crippen LogP contribution in [0.2, 0.25) is 5.02 Å².